The normalized spacial score (nSPS) is 16.2. The molecule has 1 aromatic rings. The molecule has 0 aromatic heterocycles. The number of rotatable bonds is 1. The molecule has 4 heteroatoms. The second-order valence-electron chi connectivity index (χ2n) is 3.98. The highest BCUT2D eigenvalue weighted by Crippen LogP contribution is 2.23. The number of hydrogen-bond acceptors (Lipinski definition) is 1. The molecule has 1 amide bonds. The summed E-state index contributed by atoms with van der Waals surface area (Å²) in [6.07, 6.45) is 3.41. The Bertz CT molecular complexity index is 402. The van der Waals surface area contributed by atoms with Gasteiger partial charge >= 0.3 is 0 Å². The first-order chi connectivity index (χ1) is 7.68. The van der Waals surface area contributed by atoms with E-state index in [1.54, 1.807) is 12.1 Å². The number of benzene rings is 1. The number of nitrogens with zero attached hydrogens (tertiary/aromatic N) is 1. The minimum absolute atomic E-state index is 0.0472. The molecule has 1 fully saturated rings. The zero-order valence-corrected chi connectivity index (χ0v) is 11.2. The van der Waals surface area contributed by atoms with Crippen molar-refractivity contribution < 1.29 is 4.79 Å². The van der Waals surface area contributed by atoms with Gasteiger partial charge in [0.25, 0.3) is 5.91 Å². The largest absolute Gasteiger partial charge is 0.339 e. The van der Waals surface area contributed by atoms with Gasteiger partial charge < -0.3 is 4.90 Å². The van der Waals surface area contributed by atoms with E-state index >= 15 is 0 Å². The monoisotopic (exact) mass is 301 g/mol. The van der Waals surface area contributed by atoms with E-state index in [1.807, 2.05) is 11.0 Å². The van der Waals surface area contributed by atoms with Crippen LogP contribution in [0, 0.1) is 0 Å². The average Bonchev–Trinajstić information content (AvgIpc) is 2.32. The number of likely N-dealkylation sites (tertiary alicyclic amines) is 1. The number of halogens is 2. The van der Waals surface area contributed by atoms with Gasteiger partial charge in [0.05, 0.1) is 10.6 Å². The van der Waals surface area contributed by atoms with Gasteiger partial charge in [0.2, 0.25) is 0 Å². The van der Waals surface area contributed by atoms with Crippen LogP contribution in [0.1, 0.15) is 29.6 Å². The van der Waals surface area contributed by atoms with Gasteiger partial charge in [0, 0.05) is 17.6 Å². The molecule has 0 unspecified atom stereocenters. The van der Waals surface area contributed by atoms with Crippen molar-refractivity contribution in [3.63, 3.8) is 0 Å². The smallest absolute Gasteiger partial charge is 0.255 e. The third-order valence-corrected chi connectivity index (χ3v) is 3.62. The van der Waals surface area contributed by atoms with Crippen molar-refractivity contribution >= 4 is 33.4 Å². The van der Waals surface area contributed by atoms with Gasteiger partial charge in [-0.2, -0.15) is 0 Å². The SMILES string of the molecule is O=C(c1cc(Br)ccc1Cl)N1CCCCC1. The van der Waals surface area contributed by atoms with E-state index in [0.29, 0.717) is 10.6 Å². The predicted molar refractivity (Wildman–Crippen MR) is 68.9 cm³/mol. The first-order valence-corrected chi connectivity index (χ1v) is 6.60. The summed E-state index contributed by atoms with van der Waals surface area (Å²) in [6.45, 7) is 1.70. The number of carbonyl (C=O) groups is 1. The maximum absolute atomic E-state index is 12.2. The highest BCUT2D eigenvalue weighted by molar-refractivity contribution is 9.10. The number of piperidine rings is 1. The molecule has 0 spiro atoms. The molecular formula is C12H13BrClNO. The van der Waals surface area contributed by atoms with Gasteiger partial charge in [-0.1, -0.05) is 27.5 Å². The van der Waals surface area contributed by atoms with E-state index < -0.39 is 0 Å². The Morgan fingerprint density at radius 1 is 1.25 bits per heavy atom. The Kier molecular flexibility index (Phi) is 3.87. The lowest BCUT2D eigenvalue weighted by Crippen LogP contribution is -2.35. The molecule has 0 radical (unpaired) electrons. The highest BCUT2D eigenvalue weighted by Gasteiger charge is 2.20. The van der Waals surface area contributed by atoms with Gasteiger partial charge in [-0.25, -0.2) is 0 Å². The third kappa shape index (κ3) is 2.58. The van der Waals surface area contributed by atoms with Crippen LogP contribution in [0.3, 0.4) is 0 Å². The molecule has 16 heavy (non-hydrogen) atoms. The van der Waals surface area contributed by atoms with Gasteiger partial charge in [0.15, 0.2) is 0 Å². The van der Waals surface area contributed by atoms with Crippen molar-refractivity contribution in [1.82, 2.24) is 4.90 Å². The van der Waals surface area contributed by atoms with Crippen LogP contribution in [-0.2, 0) is 0 Å². The van der Waals surface area contributed by atoms with Gasteiger partial charge in [-0.15, -0.1) is 0 Å². The zero-order chi connectivity index (χ0) is 11.5. The molecule has 86 valence electrons. The fourth-order valence-corrected chi connectivity index (χ4v) is 2.49. The van der Waals surface area contributed by atoms with E-state index in [2.05, 4.69) is 15.9 Å². The van der Waals surface area contributed by atoms with Crippen molar-refractivity contribution in [2.24, 2.45) is 0 Å². The highest BCUT2D eigenvalue weighted by atomic mass is 79.9. The van der Waals surface area contributed by atoms with E-state index in [-0.39, 0.29) is 5.91 Å². The van der Waals surface area contributed by atoms with Gasteiger partial charge in [-0.05, 0) is 37.5 Å². The minimum Gasteiger partial charge on any atom is -0.339 e. The summed E-state index contributed by atoms with van der Waals surface area (Å²) in [7, 11) is 0. The van der Waals surface area contributed by atoms with E-state index in [0.717, 1.165) is 30.4 Å². The summed E-state index contributed by atoms with van der Waals surface area (Å²) in [6, 6.07) is 5.39. The Balaban J connectivity index is 2.22. The lowest BCUT2D eigenvalue weighted by molar-refractivity contribution is 0.0724. The molecule has 0 N–H and O–H groups in total. The molecule has 2 rings (SSSR count). The quantitative estimate of drug-likeness (QED) is 0.774. The van der Waals surface area contributed by atoms with Crippen molar-refractivity contribution in [3.8, 4) is 0 Å². The molecule has 1 heterocycles. The van der Waals surface area contributed by atoms with Crippen LogP contribution < -0.4 is 0 Å². The molecule has 1 saturated heterocycles. The lowest BCUT2D eigenvalue weighted by Gasteiger charge is -2.27. The Morgan fingerprint density at radius 3 is 2.62 bits per heavy atom. The van der Waals surface area contributed by atoms with Crippen molar-refractivity contribution in [2.45, 2.75) is 19.3 Å². The summed E-state index contributed by atoms with van der Waals surface area (Å²) in [4.78, 5) is 14.1. The zero-order valence-electron chi connectivity index (χ0n) is 8.88. The topological polar surface area (TPSA) is 20.3 Å². The Hall–Kier alpha value is -0.540. The number of carbonyl (C=O) groups excluding carboxylic acids is 1. The second-order valence-corrected chi connectivity index (χ2v) is 5.30. The fraction of sp³-hybridized carbons (Fsp3) is 0.417. The fourth-order valence-electron chi connectivity index (χ4n) is 1.93. The Morgan fingerprint density at radius 2 is 1.94 bits per heavy atom. The summed E-state index contributed by atoms with van der Waals surface area (Å²) >= 11 is 9.40. The van der Waals surface area contributed by atoms with Crippen LogP contribution in [0.15, 0.2) is 22.7 Å². The molecule has 0 atom stereocenters. The van der Waals surface area contributed by atoms with E-state index in [1.165, 1.54) is 6.42 Å². The van der Waals surface area contributed by atoms with Crippen LogP contribution in [0.5, 0.6) is 0 Å². The molecule has 0 saturated carbocycles. The maximum atomic E-state index is 12.2. The number of hydrogen-bond donors (Lipinski definition) is 0. The molecule has 0 bridgehead atoms. The van der Waals surface area contributed by atoms with Crippen LogP contribution >= 0.6 is 27.5 Å². The second kappa shape index (κ2) is 5.19. The Labute approximate surface area is 109 Å². The van der Waals surface area contributed by atoms with E-state index in [4.69, 9.17) is 11.6 Å². The molecule has 0 aliphatic carbocycles. The average molecular weight is 303 g/mol. The standard InChI is InChI=1S/C12H13BrClNO/c13-9-4-5-11(14)10(8-9)12(16)15-6-2-1-3-7-15/h4-5,8H,1-3,6-7H2. The lowest BCUT2D eigenvalue weighted by atomic mass is 10.1. The van der Waals surface area contributed by atoms with Crippen molar-refractivity contribution in [1.29, 1.82) is 0 Å². The summed E-state index contributed by atoms with van der Waals surface area (Å²) < 4.78 is 0.886. The maximum Gasteiger partial charge on any atom is 0.255 e. The van der Waals surface area contributed by atoms with Crippen molar-refractivity contribution in [2.75, 3.05) is 13.1 Å². The molecule has 1 aliphatic rings. The molecule has 1 aliphatic heterocycles. The van der Waals surface area contributed by atoms with Crippen LogP contribution in [0.25, 0.3) is 0 Å². The molecule has 2 nitrogen and oxygen atoms in total. The predicted octanol–water partition coefficient (Wildman–Crippen LogP) is 3.73. The van der Waals surface area contributed by atoms with Gasteiger partial charge in [-0.3, -0.25) is 4.79 Å². The summed E-state index contributed by atoms with van der Waals surface area (Å²) in [5.41, 5.74) is 0.595. The van der Waals surface area contributed by atoms with Crippen LogP contribution in [0.2, 0.25) is 5.02 Å². The minimum atomic E-state index is 0.0472. The van der Waals surface area contributed by atoms with Crippen molar-refractivity contribution in [3.05, 3.63) is 33.3 Å². The third-order valence-electron chi connectivity index (χ3n) is 2.80. The first kappa shape index (κ1) is 11.9. The van der Waals surface area contributed by atoms with Gasteiger partial charge in [0.1, 0.15) is 0 Å². The molecular weight excluding hydrogens is 289 g/mol. The van der Waals surface area contributed by atoms with E-state index in [9.17, 15) is 4.79 Å². The number of amides is 1. The summed E-state index contributed by atoms with van der Waals surface area (Å²) in [5.74, 6) is 0.0472. The molecule has 1 aromatic carbocycles. The van der Waals surface area contributed by atoms with Crippen LogP contribution in [0.4, 0.5) is 0 Å². The van der Waals surface area contributed by atoms with Crippen LogP contribution in [-0.4, -0.2) is 23.9 Å². The first-order valence-electron chi connectivity index (χ1n) is 5.43. The summed E-state index contributed by atoms with van der Waals surface area (Å²) in [5, 5.41) is 0.527.